The number of hydrogen-bond acceptors (Lipinski definition) is 3. The first-order chi connectivity index (χ1) is 11.3. The van der Waals surface area contributed by atoms with Crippen LogP contribution < -0.4 is 0 Å². The molecule has 0 heterocycles. The second kappa shape index (κ2) is 5.55. The van der Waals surface area contributed by atoms with Crippen LogP contribution in [0.5, 0.6) is 0 Å². The average Bonchev–Trinajstić information content (AvgIpc) is 2.83. The summed E-state index contributed by atoms with van der Waals surface area (Å²) in [6.45, 7) is 4.82. The first kappa shape index (κ1) is 16.6. The normalized spacial score (nSPS) is 50.5. The lowest BCUT2D eigenvalue weighted by molar-refractivity contribution is -0.471. The standard InChI is InChI=1S/C20H31NO3/c1-19-9-7-13(12-21(23)24)11-14(19)3-4-15-16-5-6-18(22)20(16,2)10-8-17(15)19/h7,14-18,22H,3-6,8-12H2,1-2H3/t14-,15-,16-,17+,18-,19-,20-/m0/s1. The molecule has 0 amide bonds. The molecule has 1 N–H and O–H groups in total. The highest BCUT2D eigenvalue weighted by Gasteiger charge is 2.59. The zero-order valence-corrected chi connectivity index (χ0v) is 15.0. The molecule has 4 heteroatoms. The van der Waals surface area contributed by atoms with E-state index in [9.17, 15) is 15.2 Å². The van der Waals surface area contributed by atoms with Crippen molar-refractivity contribution in [3.05, 3.63) is 21.8 Å². The maximum Gasteiger partial charge on any atom is 0.224 e. The predicted octanol–water partition coefficient (Wildman–Crippen LogP) is 4.20. The second-order valence-corrected chi connectivity index (χ2v) is 9.56. The van der Waals surface area contributed by atoms with Crippen molar-refractivity contribution < 1.29 is 10.0 Å². The lowest BCUT2D eigenvalue weighted by Gasteiger charge is -2.59. The van der Waals surface area contributed by atoms with Gasteiger partial charge in [-0.05, 0) is 91.4 Å². The molecule has 7 atom stereocenters. The zero-order chi connectivity index (χ0) is 17.1. The molecule has 24 heavy (non-hydrogen) atoms. The Hall–Kier alpha value is -0.900. The van der Waals surface area contributed by atoms with Crippen molar-refractivity contribution >= 4 is 0 Å². The average molecular weight is 333 g/mol. The molecule has 0 unspecified atom stereocenters. The smallest absolute Gasteiger partial charge is 0.224 e. The molecule has 3 fully saturated rings. The first-order valence-corrected chi connectivity index (χ1v) is 9.82. The molecule has 0 aliphatic heterocycles. The SMILES string of the molecule is C[C@]12CC=C(C[N+](=O)[O-])C[C@@H]1CC[C@@H]1[C@H]2CC[C@]2(C)[C@@H](O)CC[C@@H]12. The molecule has 0 aromatic heterocycles. The zero-order valence-electron chi connectivity index (χ0n) is 15.0. The quantitative estimate of drug-likeness (QED) is 0.468. The van der Waals surface area contributed by atoms with E-state index in [0.29, 0.717) is 17.3 Å². The van der Waals surface area contributed by atoms with E-state index in [1.807, 2.05) is 0 Å². The Morgan fingerprint density at radius 2 is 1.92 bits per heavy atom. The van der Waals surface area contributed by atoms with Gasteiger partial charge < -0.3 is 5.11 Å². The number of aliphatic hydroxyl groups excluding tert-OH is 1. The summed E-state index contributed by atoms with van der Waals surface area (Å²) in [5.41, 5.74) is 1.52. The van der Waals surface area contributed by atoms with Gasteiger partial charge >= 0.3 is 0 Å². The number of nitro groups is 1. The van der Waals surface area contributed by atoms with Gasteiger partial charge in [0.2, 0.25) is 6.54 Å². The van der Waals surface area contributed by atoms with Crippen LogP contribution in [0.4, 0.5) is 0 Å². The Morgan fingerprint density at radius 3 is 2.67 bits per heavy atom. The molecular weight excluding hydrogens is 302 g/mol. The summed E-state index contributed by atoms with van der Waals surface area (Å²) in [6, 6.07) is 0. The Labute approximate surface area is 144 Å². The monoisotopic (exact) mass is 333 g/mol. The van der Waals surface area contributed by atoms with Crippen LogP contribution in [0, 0.1) is 44.6 Å². The van der Waals surface area contributed by atoms with Crippen molar-refractivity contribution in [3.8, 4) is 0 Å². The molecule has 134 valence electrons. The van der Waals surface area contributed by atoms with Gasteiger partial charge in [-0.2, -0.15) is 0 Å². The van der Waals surface area contributed by atoms with Crippen molar-refractivity contribution in [1.82, 2.24) is 0 Å². The summed E-state index contributed by atoms with van der Waals surface area (Å²) < 4.78 is 0. The van der Waals surface area contributed by atoms with E-state index in [2.05, 4.69) is 19.9 Å². The number of nitrogens with zero attached hydrogens (tertiary/aromatic N) is 1. The highest BCUT2D eigenvalue weighted by Crippen LogP contribution is 2.65. The minimum atomic E-state index is -0.175. The van der Waals surface area contributed by atoms with Gasteiger partial charge in [-0.3, -0.25) is 10.1 Å². The van der Waals surface area contributed by atoms with Gasteiger partial charge in [0.1, 0.15) is 0 Å². The fourth-order valence-corrected chi connectivity index (χ4v) is 7.22. The molecule has 0 aromatic carbocycles. The highest BCUT2D eigenvalue weighted by atomic mass is 16.6. The van der Waals surface area contributed by atoms with E-state index < -0.39 is 0 Å². The van der Waals surface area contributed by atoms with Gasteiger partial charge in [-0.15, -0.1) is 0 Å². The van der Waals surface area contributed by atoms with Gasteiger partial charge in [0.15, 0.2) is 0 Å². The molecule has 0 spiro atoms. The maximum atomic E-state index is 10.9. The Kier molecular flexibility index (Phi) is 3.83. The number of hydrogen-bond donors (Lipinski definition) is 1. The van der Waals surface area contributed by atoms with E-state index in [0.717, 1.165) is 43.1 Å². The largest absolute Gasteiger partial charge is 0.393 e. The maximum absolute atomic E-state index is 10.9. The van der Waals surface area contributed by atoms with Crippen LogP contribution in [0.25, 0.3) is 0 Å². The molecule has 4 aliphatic carbocycles. The van der Waals surface area contributed by atoms with Crippen LogP contribution in [0.15, 0.2) is 11.6 Å². The predicted molar refractivity (Wildman–Crippen MR) is 93.1 cm³/mol. The summed E-state index contributed by atoms with van der Waals surface area (Å²) in [4.78, 5) is 10.7. The fraction of sp³-hybridized carbons (Fsp3) is 0.900. The summed E-state index contributed by atoms with van der Waals surface area (Å²) in [5.74, 6) is 2.81. The third kappa shape index (κ3) is 2.28. The fourth-order valence-electron chi connectivity index (χ4n) is 7.22. The van der Waals surface area contributed by atoms with Crippen LogP contribution >= 0.6 is 0 Å². The Bertz CT molecular complexity index is 573. The summed E-state index contributed by atoms with van der Waals surface area (Å²) in [7, 11) is 0. The van der Waals surface area contributed by atoms with E-state index in [-0.39, 0.29) is 23.0 Å². The minimum absolute atomic E-state index is 0.0353. The van der Waals surface area contributed by atoms with Crippen LogP contribution in [0.2, 0.25) is 0 Å². The number of allylic oxidation sites excluding steroid dienone is 1. The summed E-state index contributed by atoms with van der Waals surface area (Å²) in [5, 5.41) is 21.4. The third-order valence-electron chi connectivity index (χ3n) is 8.69. The van der Waals surface area contributed by atoms with E-state index in [1.54, 1.807) is 0 Å². The van der Waals surface area contributed by atoms with E-state index in [1.165, 1.54) is 25.7 Å². The first-order valence-electron chi connectivity index (χ1n) is 9.82. The Morgan fingerprint density at radius 1 is 1.17 bits per heavy atom. The molecular formula is C20H31NO3. The van der Waals surface area contributed by atoms with Gasteiger partial charge in [0.05, 0.1) is 6.10 Å². The van der Waals surface area contributed by atoms with Crippen molar-refractivity contribution in [3.63, 3.8) is 0 Å². The van der Waals surface area contributed by atoms with Crippen molar-refractivity contribution in [2.75, 3.05) is 6.54 Å². The van der Waals surface area contributed by atoms with Crippen molar-refractivity contribution in [2.45, 2.75) is 71.3 Å². The van der Waals surface area contributed by atoms with Crippen LogP contribution in [-0.2, 0) is 0 Å². The molecule has 4 aliphatic rings. The molecule has 0 saturated heterocycles. The topological polar surface area (TPSA) is 63.4 Å². The van der Waals surface area contributed by atoms with Gasteiger partial charge in [0.25, 0.3) is 0 Å². The summed E-state index contributed by atoms with van der Waals surface area (Å²) in [6.07, 6.45) is 11.1. The summed E-state index contributed by atoms with van der Waals surface area (Å²) >= 11 is 0. The molecule has 4 nitrogen and oxygen atoms in total. The number of rotatable bonds is 2. The van der Waals surface area contributed by atoms with Crippen molar-refractivity contribution in [1.29, 1.82) is 0 Å². The second-order valence-electron chi connectivity index (χ2n) is 9.56. The van der Waals surface area contributed by atoms with Crippen LogP contribution in [0.3, 0.4) is 0 Å². The molecule has 4 rings (SSSR count). The Balaban J connectivity index is 1.58. The van der Waals surface area contributed by atoms with Gasteiger partial charge in [0, 0.05) is 4.92 Å². The van der Waals surface area contributed by atoms with Gasteiger partial charge in [-0.1, -0.05) is 19.9 Å². The minimum Gasteiger partial charge on any atom is -0.393 e. The molecule has 0 bridgehead atoms. The third-order valence-corrected chi connectivity index (χ3v) is 8.69. The van der Waals surface area contributed by atoms with Crippen molar-refractivity contribution in [2.24, 2.45) is 34.5 Å². The van der Waals surface area contributed by atoms with E-state index >= 15 is 0 Å². The molecule has 0 radical (unpaired) electrons. The highest BCUT2D eigenvalue weighted by molar-refractivity contribution is 5.17. The lowest BCUT2D eigenvalue weighted by Crippen LogP contribution is -2.53. The number of fused-ring (bicyclic) bond motifs is 5. The number of aliphatic hydroxyl groups is 1. The van der Waals surface area contributed by atoms with E-state index in [4.69, 9.17) is 0 Å². The van der Waals surface area contributed by atoms with Crippen LogP contribution in [0.1, 0.15) is 65.2 Å². The molecule has 3 saturated carbocycles. The van der Waals surface area contributed by atoms with Gasteiger partial charge in [-0.25, -0.2) is 0 Å². The molecule has 0 aromatic rings. The van der Waals surface area contributed by atoms with Crippen LogP contribution in [-0.4, -0.2) is 22.7 Å². The lowest BCUT2D eigenvalue weighted by atomic mass is 9.45.